The van der Waals surface area contributed by atoms with Gasteiger partial charge in [0.2, 0.25) is 0 Å². The molecule has 0 aromatic carbocycles. The van der Waals surface area contributed by atoms with Gasteiger partial charge < -0.3 is 14.8 Å². The van der Waals surface area contributed by atoms with Gasteiger partial charge in [-0.2, -0.15) is 0 Å². The Morgan fingerprint density at radius 3 is 2.83 bits per heavy atom. The Labute approximate surface area is 173 Å². The molecule has 0 saturated heterocycles. The molecule has 0 saturated carbocycles. The summed E-state index contributed by atoms with van der Waals surface area (Å²) in [5.74, 6) is 0.540. The van der Waals surface area contributed by atoms with Crippen LogP contribution in [-0.2, 0) is 14.3 Å². The van der Waals surface area contributed by atoms with Crippen LogP contribution in [-0.4, -0.2) is 46.7 Å². The van der Waals surface area contributed by atoms with Crippen LogP contribution in [0.1, 0.15) is 39.2 Å². The van der Waals surface area contributed by atoms with Crippen LogP contribution in [0.3, 0.4) is 0 Å². The van der Waals surface area contributed by atoms with Gasteiger partial charge in [0, 0.05) is 18.0 Å². The van der Waals surface area contributed by atoms with E-state index >= 15 is 0 Å². The van der Waals surface area contributed by atoms with Gasteiger partial charge in [0.15, 0.2) is 0 Å². The zero-order valence-corrected chi connectivity index (χ0v) is 17.5. The van der Waals surface area contributed by atoms with Crippen molar-refractivity contribution in [2.24, 2.45) is 4.99 Å². The summed E-state index contributed by atoms with van der Waals surface area (Å²) in [5.41, 5.74) is 2.88. The largest absolute Gasteiger partial charge is 0.492 e. The fraction of sp³-hybridized carbons (Fsp3) is 0.429. The van der Waals surface area contributed by atoms with Gasteiger partial charge in [-0.25, -0.2) is 9.79 Å². The van der Waals surface area contributed by atoms with Crippen LogP contribution in [0.2, 0.25) is 0 Å². The lowest BCUT2D eigenvalue weighted by Crippen LogP contribution is -2.38. The third kappa shape index (κ3) is 4.07. The molecule has 1 unspecified atom stereocenters. The molecule has 4 heterocycles. The van der Waals surface area contributed by atoms with Crippen LogP contribution in [0.5, 0.6) is 0 Å². The molecular formula is C21H23N3O4S. The van der Waals surface area contributed by atoms with E-state index in [2.05, 4.69) is 15.3 Å². The maximum atomic E-state index is 12.8. The zero-order valence-electron chi connectivity index (χ0n) is 16.7. The fourth-order valence-corrected chi connectivity index (χ4v) is 4.82. The van der Waals surface area contributed by atoms with Gasteiger partial charge in [-0.1, -0.05) is 0 Å². The lowest BCUT2D eigenvalue weighted by atomic mass is 9.92. The quantitative estimate of drug-likeness (QED) is 0.816. The van der Waals surface area contributed by atoms with Crippen molar-refractivity contribution >= 4 is 34.4 Å². The molecule has 0 radical (unpaired) electrons. The minimum absolute atomic E-state index is 0.148. The molecule has 1 N–H and O–H groups in total. The number of alkyl carbamates (subject to hydrolysis) is 1. The monoisotopic (exact) mass is 413 g/mol. The van der Waals surface area contributed by atoms with Crippen LogP contribution in [0.25, 0.3) is 4.91 Å². The highest BCUT2D eigenvalue weighted by Crippen LogP contribution is 2.51. The van der Waals surface area contributed by atoms with Crippen molar-refractivity contribution in [3.8, 4) is 0 Å². The Bertz CT molecular complexity index is 944. The number of nitrogens with zero attached hydrogens (tertiary/aromatic N) is 2. The van der Waals surface area contributed by atoms with Crippen molar-refractivity contribution in [2.75, 3.05) is 13.2 Å². The second-order valence-corrected chi connectivity index (χ2v) is 9.10. The molecule has 0 aliphatic carbocycles. The number of allylic oxidation sites excluding steroid dienone is 1. The number of carbonyl (C=O) groups excluding carboxylic acids is 2. The molecule has 1 aromatic heterocycles. The molecule has 152 valence electrons. The van der Waals surface area contributed by atoms with Crippen molar-refractivity contribution in [1.29, 1.82) is 0 Å². The highest BCUT2D eigenvalue weighted by molar-refractivity contribution is 8.10. The second-order valence-electron chi connectivity index (χ2n) is 7.99. The van der Waals surface area contributed by atoms with Gasteiger partial charge in [-0.05, 0) is 56.9 Å². The SMILES string of the molecule is CC(C)(C)OC(=O)NCC1=NC(=O)C2SC(c3ccncc3)=C3OCCCC1=C32. The Morgan fingerprint density at radius 2 is 2.10 bits per heavy atom. The van der Waals surface area contributed by atoms with E-state index < -0.39 is 16.9 Å². The molecule has 7 nitrogen and oxygen atoms in total. The highest BCUT2D eigenvalue weighted by Gasteiger charge is 2.43. The lowest BCUT2D eigenvalue weighted by Gasteiger charge is -2.23. The maximum Gasteiger partial charge on any atom is 0.407 e. The highest BCUT2D eigenvalue weighted by atomic mass is 32.2. The first-order chi connectivity index (χ1) is 13.8. The van der Waals surface area contributed by atoms with E-state index in [0.717, 1.165) is 40.2 Å². The smallest absolute Gasteiger partial charge is 0.407 e. The summed E-state index contributed by atoms with van der Waals surface area (Å²) in [6, 6.07) is 3.83. The second kappa shape index (κ2) is 7.67. The first kappa shape index (κ1) is 19.7. The molecule has 8 heteroatoms. The molecule has 2 amide bonds. The van der Waals surface area contributed by atoms with Gasteiger partial charge in [0.05, 0.1) is 23.8 Å². The third-order valence-corrected chi connectivity index (χ3v) is 5.98. The summed E-state index contributed by atoms with van der Waals surface area (Å²) >= 11 is 1.48. The van der Waals surface area contributed by atoms with E-state index in [1.807, 2.05) is 12.1 Å². The lowest BCUT2D eigenvalue weighted by molar-refractivity contribution is -0.116. The molecule has 1 atom stereocenters. The fourth-order valence-electron chi connectivity index (χ4n) is 3.52. The van der Waals surface area contributed by atoms with Crippen LogP contribution in [0.4, 0.5) is 4.79 Å². The first-order valence-corrected chi connectivity index (χ1v) is 10.5. The maximum absolute atomic E-state index is 12.8. The normalized spacial score (nSPS) is 21.3. The summed E-state index contributed by atoms with van der Waals surface area (Å²) in [4.78, 5) is 34.2. The number of hydrogen-bond acceptors (Lipinski definition) is 6. The number of ether oxygens (including phenoxy) is 2. The first-order valence-electron chi connectivity index (χ1n) is 9.59. The number of thioether (sulfide) groups is 1. The zero-order chi connectivity index (χ0) is 20.6. The summed E-state index contributed by atoms with van der Waals surface area (Å²) < 4.78 is 11.4. The van der Waals surface area contributed by atoms with Gasteiger partial charge in [-0.3, -0.25) is 9.78 Å². The predicted octanol–water partition coefficient (Wildman–Crippen LogP) is 3.48. The molecular weight excluding hydrogens is 390 g/mol. The van der Waals surface area contributed by atoms with Crippen molar-refractivity contribution < 1.29 is 19.1 Å². The van der Waals surface area contributed by atoms with Gasteiger partial charge in [-0.15, -0.1) is 11.8 Å². The summed E-state index contributed by atoms with van der Waals surface area (Å²) in [7, 11) is 0. The topological polar surface area (TPSA) is 89.9 Å². The Morgan fingerprint density at radius 1 is 1.34 bits per heavy atom. The molecule has 1 aromatic rings. The third-order valence-electron chi connectivity index (χ3n) is 4.65. The van der Waals surface area contributed by atoms with Crippen LogP contribution >= 0.6 is 11.8 Å². The van der Waals surface area contributed by atoms with E-state index in [4.69, 9.17) is 9.47 Å². The summed E-state index contributed by atoms with van der Waals surface area (Å²) in [6.45, 7) is 6.14. The van der Waals surface area contributed by atoms with E-state index in [9.17, 15) is 9.59 Å². The summed E-state index contributed by atoms with van der Waals surface area (Å²) in [6.07, 6.45) is 4.50. The van der Waals surface area contributed by atoms with E-state index in [0.29, 0.717) is 12.3 Å². The molecule has 3 aliphatic heterocycles. The predicted molar refractivity (Wildman–Crippen MR) is 111 cm³/mol. The van der Waals surface area contributed by atoms with Crippen molar-refractivity contribution in [2.45, 2.75) is 44.5 Å². The van der Waals surface area contributed by atoms with E-state index in [-0.39, 0.29) is 12.5 Å². The van der Waals surface area contributed by atoms with Gasteiger partial charge in [0.25, 0.3) is 5.91 Å². The van der Waals surface area contributed by atoms with Crippen LogP contribution in [0.15, 0.2) is 46.4 Å². The Hall–Kier alpha value is -2.61. The van der Waals surface area contributed by atoms with Gasteiger partial charge >= 0.3 is 6.09 Å². The standard InChI is InChI=1S/C21H23N3O4S/c1-21(2,3)28-20(26)23-11-14-13-5-4-10-27-16-15(13)18(19(25)24-14)29-17(16)12-6-8-22-9-7-12/h6-9,18H,4-5,10-11H2,1-3H3,(H,23,26). The van der Waals surface area contributed by atoms with E-state index in [1.54, 1.807) is 33.2 Å². The number of hydrogen-bond donors (Lipinski definition) is 1. The number of carbonyl (C=O) groups is 2. The van der Waals surface area contributed by atoms with Crippen molar-refractivity contribution in [3.63, 3.8) is 0 Å². The summed E-state index contributed by atoms with van der Waals surface area (Å²) in [5, 5.41) is 2.33. The van der Waals surface area contributed by atoms with Crippen molar-refractivity contribution in [3.05, 3.63) is 47.0 Å². The minimum atomic E-state index is -0.588. The molecule has 29 heavy (non-hydrogen) atoms. The molecule has 0 bridgehead atoms. The average molecular weight is 413 g/mol. The number of aliphatic imine (C=N–C) groups is 1. The average Bonchev–Trinajstić information content (AvgIpc) is 2.91. The minimum Gasteiger partial charge on any atom is -0.492 e. The van der Waals surface area contributed by atoms with Gasteiger partial charge in [0.1, 0.15) is 16.6 Å². The molecule has 0 fully saturated rings. The molecule has 0 spiro atoms. The Kier molecular flexibility index (Phi) is 5.21. The van der Waals surface area contributed by atoms with Crippen LogP contribution < -0.4 is 5.32 Å². The van der Waals surface area contributed by atoms with Crippen LogP contribution in [0, 0.1) is 0 Å². The number of nitrogens with one attached hydrogen (secondary N) is 1. The number of rotatable bonds is 3. The number of amides is 2. The molecule has 3 aliphatic rings. The Balaban J connectivity index is 1.65. The van der Waals surface area contributed by atoms with Crippen molar-refractivity contribution in [1.82, 2.24) is 10.3 Å². The number of aromatic nitrogens is 1. The number of dihydropyridines is 1. The molecule has 4 rings (SSSR count). The van der Waals surface area contributed by atoms with E-state index in [1.165, 1.54) is 11.8 Å². The number of pyridine rings is 1.